The van der Waals surface area contributed by atoms with Gasteiger partial charge in [-0.15, -0.1) is 0 Å². The largest absolute Gasteiger partial charge is 0.496 e. The van der Waals surface area contributed by atoms with Gasteiger partial charge in [-0.25, -0.2) is 0 Å². The Kier molecular flexibility index (Phi) is 5.22. The molecule has 2 aromatic rings. The highest BCUT2D eigenvalue weighted by molar-refractivity contribution is 6.30. The summed E-state index contributed by atoms with van der Waals surface area (Å²) >= 11 is 6.02. The van der Waals surface area contributed by atoms with Crippen LogP contribution < -0.4 is 10.3 Å². The number of aromatic amines is 1. The van der Waals surface area contributed by atoms with Crippen LogP contribution in [0.5, 0.6) is 5.75 Å². The van der Waals surface area contributed by atoms with Crippen molar-refractivity contribution < 1.29 is 9.53 Å². The highest BCUT2D eigenvalue weighted by Gasteiger charge is 2.16. The van der Waals surface area contributed by atoms with Crippen molar-refractivity contribution in [2.24, 2.45) is 0 Å². The van der Waals surface area contributed by atoms with Gasteiger partial charge >= 0.3 is 0 Å². The Bertz CT molecular complexity index is 707. The van der Waals surface area contributed by atoms with Crippen molar-refractivity contribution in [2.45, 2.75) is 13.5 Å². The quantitative estimate of drug-likeness (QED) is 0.921. The molecule has 0 spiro atoms. The van der Waals surface area contributed by atoms with Crippen LogP contribution in [-0.4, -0.2) is 29.4 Å². The Balaban J connectivity index is 2.25. The standard InChI is InChI=1S/C16H17ClN2O3/c1-3-19(16(21)11-4-7-15(20)18-9-11)10-12-8-13(17)5-6-14(12)22-2/h4-9H,3,10H2,1-2H3,(H,18,20). The molecular weight excluding hydrogens is 304 g/mol. The van der Waals surface area contributed by atoms with Crippen LogP contribution >= 0.6 is 11.6 Å². The summed E-state index contributed by atoms with van der Waals surface area (Å²) < 4.78 is 5.30. The molecule has 0 fully saturated rings. The molecule has 5 nitrogen and oxygen atoms in total. The molecule has 22 heavy (non-hydrogen) atoms. The summed E-state index contributed by atoms with van der Waals surface area (Å²) in [6.45, 7) is 2.78. The van der Waals surface area contributed by atoms with Crippen molar-refractivity contribution in [3.63, 3.8) is 0 Å². The van der Waals surface area contributed by atoms with Gasteiger partial charge in [0.1, 0.15) is 5.75 Å². The third-order valence-electron chi connectivity index (χ3n) is 3.30. The van der Waals surface area contributed by atoms with Gasteiger partial charge in [-0.1, -0.05) is 11.6 Å². The van der Waals surface area contributed by atoms with Crippen molar-refractivity contribution in [1.29, 1.82) is 0 Å². The van der Waals surface area contributed by atoms with E-state index in [1.807, 2.05) is 6.92 Å². The zero-order valence-electron chi connectivity index (χ0n) is 12.4. The number of hydrogen-bond donors (Lipinski definition) is 1. The minimum absolute atomic E-state index is 0.166. The fraction of sp³-hybridized carbons (Fsp3) is 0.250. The molecule has 1 aromatic heterocycles. The van der Waals surface area contributed by atoms with Crippen LogP contribution in [0.25, 0.3) is 0 Å². The molecule has 0 radical (unpaired) electrons. The number of hydrogen-bond acceptors (Lipinski definition) is 3. The normalized spacial score (nSPS) is 10.3. The zero-order chi connectivity index (χ0) is 16.1. The SMILES string of the molecule is CCN(Cc1cc(Cl)ccc1OC)C(=O)c1ccc(=O)[nH]c1. The van der Waals surface area contributed by atoms with Crippen LogP contribution in [0.15, 0.2) is 41.3 Å². The van der Waals surface area contributed by atoms with Gasteiger partial charge in [0, 0.05) is 35.9 Å². The Morgan fingerprint density at radius 1 is 1.32 bits per heavy atom. The number of carbonyl (C=O) groups is 1. The molecule has 116 valence electrons. The first-order valence-electron chi connectivity index (χ1n) is 6.85. The number of pyridine rings is 1. The van der Waals surface area contributed by atoms with E-state index in [1.54, 1.807) is 30.2 Å². The van der Waals surface area contributed by atoms with Gasteiger partial charge in [-0.3, -0.25) is 9.59 Å². The predicted molar refractivity (Wildman–Crippen MR) is 85.5 cm³/mol. The van der Waals surface area contributed by atoms with Crippen molar-refractivity contribution in [2.75, 3.05) is 13.7 Å². The van der Waals surface area contributed by atoms with E-state index in [0.717, 1.165) is 5.56 Å². The van der Waals surface area contributed by atoms with Crippen LogP contribution in [-0.2, 0) is 6.54 Å². The third kappa shape index (κ3) is 3.68. The molecule has 6 heteroatoms. The first kappa shape index (κ1) is 16.1. The van der Waals surface area contributed by atoms with E-state index in [-0.39, 0.29) is 11.5 Å². The number of benzene rings is 1. The number of amides is 1. The second-order valence-electron chi connectivity index (χ2n) is 4.72. The lowest BCUT2D eigenvalue weighted by Gasteiger charge is -2.22. The van der Waals surface area contributed by atoms with E-state index in [2.05, 4.69) is 4.98 Å². The third-order valence-corrected chi connectivity index (χ3v) is 3.54. The summed E-state index contributed by atoms with van der Waals surface area (Å²) in [5.41, 5.74) is 1.02. The highest BCUT2D eigenvalue weighted by atomic mass is 35.5. The number of nitrogens with one attached hydrogen (secondary N) is 1. The van der Waals surface area contributed by atoms with Crippen LogP contribution in [0.1, 0.15) is 22.8 Å². The van der Waals surface area contributed by atoms with Gasteiger partial charge in [0.25, 0.3) is 5.91 Å². The zero-order valence-corrected chi connectivity index (χ0v) is 13.2. The average Bonchev–Trinajstić information content (AvgIpc) is 2.53. The first-order chi connectivity index (χ1) is 10.5. The molecule has 0 saturated heterocycles. The van der Waals surface area contributed by atoms with Crippen molar-refractivity contribution in [1.82, 2.24) is 9.88 Å². The molecule has 0 aliphatic heterocycles. The van der Waals surface area contributed by atoms with E-state index in [9.17, 15) is 9.59 Å². The minimum atomic E-state index is -0.240. The average molecular weight is 321 g/mol. The summed E-state index contributed by atoms with van der Waals surface area (Å²) in [5.74, 6) is 0.512. The number of carbonyl (C=O) groups excluding carboxylic acids is 1. The molecule has 1 N–H and O–H groups in total. The van der Waals surface area contributed by atoms with Crippen LogP contribution in [0.4, 0.5) is 0 Å². The minimum Gasteiger partial charge on any atom is -0.496 e. The maximum atomic E-state index is 12.5. The number of H-pyrrole nitrogens is 1. The lowest BCUT2D eigenvalue weighted by atomic mass is 10.1. The lowest BCUT2D eigenvalue weighted by Crippen LogP contribution is -2.30. The Hall–Kier alpha value is -2.27. The molecule has 0 bridgehead atoms. The summed E-state index contributed by atoms with van der Waals surface area (Å²) in [6, 6.07) is 8.14. The number of ether oxygens (including phenoxy) is 1. The van der Waals surface area contributed by atoms with Gasteiger partial charge in [-0.2, -0.15) is 0 Å². The predicted octanol–water partition coefficient (Wildman–Crippen LogP) is 2.70. The van der Waals surface area contributed by atoms with Crippen molar-refractivity contribution in [3.8, 4) is 5.75 Å². The highest BCUT2D eigenvalue weighted by Crippen LogP contribution is 2.24. The Morgan fingerprint density at radius 3 is 2.68 bits per heavy atom. The number of aromatic nitrogens is 1. The van der Waals surface area contributed by atoms with E-state index in [1.165, 1.54) is 18.3 Å². The number of methoxy groups -OCH3 is 1. The second kappa shape index (κ2) is 7.13. The van der Waals surface area contributed by atoms with Gasteiger partial charge in [0.2, 0.25) is 5.56 Å². The maximum absolute atomic E-state index is 12.5. The summed E-state index contributed by atoms with van der Waals surface area (Å²) in [7, 11) is 1.58. The molecule has 1 aromatic carbocycles. The molecule has 0 atom stereocenters. The van der Waals surface area contributed by atoms with Gasteiger partial charge < -0.3 is 14.6 Å². The molecule has 1 heterocycles. The molecule has 0 aliphatic rings. The fourth-order valence-electron chi connectivity index (χ4n) is 2.13. The number of nitrogens with zero attached hydrogens (tertiary/aromatic N) is 1. The van der Waals surface area contributed by atoms with E-state index in [4.69, 9.17) is 16.3 Å². The van der Waals surface area contributed by atoms with E-state index in [0.29, 0.717) is 29.4 Å². The van der Waals surface area contributed by atoms with Crippen LogP contribution in [0.3, 0.4) is 0 Å². The summed E-state index contributed by atoms with van der Waals surface area (Å²) in [4.78, 5) is 27.8. The monoisotopic (exact) mass is 320 g/mol. The molecule has 0 saturated carbocycles. The van der Waals surface area contributed by atoms with Gasteiger partial charge in [-0.05, 0) is 31.2 Å². The molecular formula is C16H17ClN2O3. The number of rotatable bonds is 5. The van der Waals surface area contributed by atoms with Crippen LogP contribution in [0.2, 0.25) is 5.02 Å². The second-order valence-corrected chi connectivity index (χ2v) is 5.15. The maximum Gasteiger partial charge on any atom is 0.255 e. The first-order valence-corrected chi connectivity index (χ1v) is 7.23. The molecule has 0 unspecified atom stereocenters. The van der Waals surface area contributed by atoms with Crippen LogP contribution in [0, 0.1) is 0 Å². The fourth-order valence-corrected chi connectivity index (χ4v) is 2.32. The Labute approximate surface area is 133 Å². The van der Waals surface area contributed by atoms with Crippen molar-refractivity contribution >= 4 is 17.5 Å². The van der Waals surface area contributed by atoms with Gasteiger partial charge in [0.15, 0.2) is 0 Å². The molecule has 1 amide bonds. The topological polar surface area (TPSA) is 62.4 Å². The lowest BCUT2D eigenvalue weighted by molar-refractivity contribution is 0.0751. The van der Waals surface area contributed by atoms with Crippen molar-refractivity contribution in [3.05, 3.63) is 63.0 Å². The summed E-state index contributed by atoms with van der Waals surface area (Å²) in [6.07, 6.45) is 1.42. The number of halogens is 1. The Morgan fingerprint density at radius 2 is 2.09 bits per heavy atom. The van der Waals surface area contributed by atoms with E-state index < -0.39 is 0 Å². The van der Waals surface area contributed by atoms with E-state index >= 15 is 0 Å². The molecule has 2 rings (SSSR count). The summed E-state index contributed by atoms with van der Waals surface area (Å²) in [5, 5.41) is 0.586. The molecule has 0 aliphatic carbocycles. The van der Waals surface area contributed by atoms with Gasteiger partial charge in [0.05, 0.1) is 12.7 Å². The smallest absolute Gasteiger partial charge is 0.255 e.